The van der Waals surface area contributed by atoms with Gasteiger partial charge in [0.1, 0.15) is 5.54 Å². The second-order valence-corrected chi connectivity index (χ2v) is 7.56. The Bertz CT molecular complexity index is 309. The summed E-state index contributed by atoms with van der Waals surface area (Å²) in [7, 11) is 0. The summed E-state index contributed by atoms with van der Waals surface area (Å²) in [6, 6.07) is 0.308. The van der Waals surface area contributed by atoms with Gasteiger partial charge in [-0.3, -0.25) is 10.1 Å². The number of hydrogen-bond donors (Lipinski definition) is 1. The molecule has 21 heavy (non-hydrogen) atoms. The van der Waals surface area contributed by atoms with Crippen LogP contribution < -0.4 is 5.32 Å². The van der Waals surface area contributed by atoms with Crippen LogP contribution in [0.15, 0.2) is 0 Å². The van der Waals surface area contributed by atoms with E-state index in [1.807, 2.05) is 18.7 Å². The first-order valence-electron chi connectivity index (χ1n) is 8.59. The van der Waals surface area contributed by atoms with Crippen molar-refractivity contribution in [2.24, 2.45) is 5.92 Å². The lowest BCUT2D eigenvalue weighted by Crippen LogP contribution is -2.58. The number of ether oxygens (including phenoxy) is 1. The number of hydrogen-bond acceptors (Lipinski definition) is 4. The van der Waals surface area contributed by atoms with Crippen molar-refractivity contribution in [3.8, 4) is 0 Å². The van der Waals surface area contributed by atoms with Gasteiger partial charge >= 0.3 is 5.97 Å². The van der Waals surface area contributed by atoms with E-state index in [-0.39, 0.29) is 5.97 Å². The lowest BCUT2D eigenvalue weighted by Gasteiger charge is -2.36. The Kier molecular flexibility index (Phi) is 8.72. The van der Waals surface area contributed by atoms with Crippen molar-refractivity contribution in [2.45, 2.75) is 77.8 Å². The zero-order chi connectivity index (χ0) is 15.7. The molecule has 0 saturated heterocycles. The van der Waals surface area contributed by atoms with Crippen LogP contribution in [-0.2, 0) is 9.53 Å². The summed E-state index contributed by atoms with van der Waals surface area (Å²) >= 11 is 2.03. The van der Waals surface area contributed by atoms with E-state index in [1.54, 1.807) is 0 Å². The number of carbonyl (C=O) groups is 1. The molecule has 2 unspecified atom stereocenters. The quantitative estimate of drug-likeness (QED) is 0.488. The molecule has 0 aromatic carbocycles. The highest BCUT2D eigenvalue weighted by Crippen LogP contribution is 2.40. The second kappa shape index (κ2) is 9.73. The van der Waals surface area contributed by atoms with Crippen molar-refractivity contribution >= 4 is 17.7 Å². The van der Waals surface area contributed by atoms with Crippen molar-refractivity contribution in [3.05, 3.63) is 0 Å². The SMILES string of the molecule is CCCCSCCC1CCCC1(NC(C)C)C(=O)OCC. The predicted molar refractivity (Wildman–Crippen MR) is 91.8 cm³/mol. The van der Waals surface area contributed by atoms with Crippen LogP contribution >= 0.6 is 11.8 Å². The molecule has 0 spiro atoms. The zero-order valence-electron chi connectivity index (χ0n) is 14.2. The van der Waals surface area contributed by atoms with E-state index in [9.17, 15) is 4.79 Å². The third-order valence-electron chi connectivity index (χ3n) is 4.26. The third kappa shape index (κ3) is 5.48. The van der Waals surface area contributed by atoms with Crippen LogP contribution in [0.2, 0.25) is 0 Å². The van der Waals surface area contributed by atoms with Crippen LogP contribution in [0.4, 0.5) is 0 Å². The monoisotopic (exact) mass is 315 g/mol. The molecule has 0 radical (unpaired) electrons. The predicted octanol–water partition coefficient (Wildman–Crippen LogP) is 4.01. The number of esters is 1. The fraction of sp³-hybridized carbons (Fsp3) is 0.941. The normalized spacial score (nSPS) is 25.5. The van der Waals surface area contributed by atoms with Gasteiger partial charge in [-0.05, 0) is 63.9 Å². The molecule has 1 aliphatic carbocycles. The Morgan fingerprint density at radius 1 is 1.38 bits per heavy atom. The first kappa shape index (κ1) is 18.8. The van der Waals surface area contributed by atoms with Crippen molar-refractivity contribution in [1.82, 2.24) is 5.32 Å². The maximum atomic E-state index is 12.6. The highest BCUT2D eigenvalue weighted by molar-refractivity contribution is 7.99. The molecule has 124 valence electrons. The lowest BCUT2D eigenvalue weighted by molar-refractivity contribution is -0.153. The van der Waals surface area contributed by atoms with Crippen LogP contribution in [0, 0.1) is 5.92 Å². The molecule has 0 bridgehead atoms. The molecule has 1 fully saturated rings. The Hall–Kier alpha value is -0.220. The van der Waals surface area contributed by atoms with E-state index in [0.717, 1.165) is 31.4 Å². The fourth-order valence-electron chi connectivity index (χ4n) is 3.34. The molecule has 0 aliphatic heterocycles. The number of rotatable bonds is 10. The van der Waals surface area contributed by atoms with Crippen molar-refractivity contribution in [1.29, 1.82) is 0 Å². The molecule has 0 amide bonds. The number of carbonyl (C=O) groups excluding carboxylic acids is 1. The van der Waals surface area contributed by atoms with E-state index in [0.29, 0.717) is 18.6 Å². The Balaban J connectivity index is 2.63. The van der Waals surface area contributed by atoms with Gasteiger partial charge in [-0.15, -0.1) is 0 Å². The summed E-state index contributed by atoms with van der Waals surface area (Å²) in [5.74, 6) is 2.80. The molecule has 1 aliphatic rings. The van der Waals surface area contributed by atoms with Crippen molar-refractivity contribution in [3.63, 3.8) is 0 Å². The molecule has 4 heteroatoms. The van der Waals surface area contributed by atoms with Crippen LogP contribution in [0.5, 0.6) is 0 Å². The number of unbranched alkanes of at least 4 members (excludes halogenated alkanes) is 1. The molecule has 3 nitrogen and oxygen atoms in total. The van der Waals surface area contributed by atoms with E-state index in [4.69, 9.17) is 4.74 Å². The molecule has 0 heterocycles. The fourth-order valence-corrected chi connectivity index (χ4v) is 4.48. The molecular formula is C17H33NO2S. The van der Waals surface area contributed by atoms with Gasteiger partial charge in [-0.25, -0.2) is 0 Å². The van der Waals surface area contributed by atoms with Gasteiger partial charge in [0.25, 0.3) is 0 Å². The zero-order valence-corrected chi connectivity index (χ0v) is 15.1. The summed E-state index contributed by atoms with van der Waals surface area (Å²) in [4.78, 5) is 12.6. The first-order chi connectivity index (χ1) is 10.1. The lowest BCUT2D eigenvalue weighted by atomic mass is 9.84. The number of nitrogens with one attached hydrogen (secondary N) is 1. The molecule has 1 saturated carbocycles. The average Bonchev–Trinajstić information content (AvgIpc) is 2.82. The van der Waals surface area contributed by atoms with Crippen LogP contribution in [0.25, 0.3) is 0 Å². The highest BCUT2D eigenvalue weighted by Gasteiger charge is 2.49. The maximum Gasteiger partial charge on any atom is 0.326 e. The highest BCUT2D eigenvalue weighted by atomic mass is 32.2. The molecule has 0 aromatic heterocycles. The number of thioether (sulfide) groups is 1. The third-order valence-corrected chi connectivity index (χ3v) is 5.36. The first-order valence-corrected chi connectivity index (χ1v) is 9.75. The van der Waals surface area contributed by atoms with Crippen molar-refractivity contribution in [2.75, 3.05) is 18.1 Å². The summed E-state index contributed by atoms with van der Waals surface area (Å²) in [5, 5.41) is 3.56. The minimum Gasteiger partial charge on any atom is -0.465 e. The minimum absolute atomic E-state index is 0.0280. The molecular weight excluding hydrogens is 282 g/mol. The van der Waals surface area contributed by atoms with Crippen LogP contribution in [0.3, 0.4) is 0 Å². The average molecular weight is 316 g/mol. The van der Waals surface area contributed by atoms with Gasteiger partial charge in [0.2, 0.25) is 0 Å². The Morgan fingerprint density at radius 3 is 2.76 bits per heavy atom. The second-order valence-electron chi connectivity index (χ2n) is 6.33. The van der Waals surface area contributed by atoms with E-state index < -0.39 is 5.54 Å². The van der Waals surface area contributed by atoms with Gasteiger partial charge in [-0.1, -0.05) is 19.8 Å². The van der Waals surface area contributed by atoms with Gasteiger partial charge < -0.3 is 4.74 Å². The Labute approximate surface area is 135 Å². The minimum atomic E-state index is -0.435. The van der Waals surface area contributed by atoms with Crippen LogP contribution in [0.1, 0.15) is 66.2 Å². The van der Waals surface area contributed by atoms with Crippen LogP contribution in [-0.4, -0.2) is 35.7 Å². The van der Waals surface area contributed by atoms with Crippen molar-refractivity contribution < 1.29 is 9.53 Å². The van der Waals surface area contributed by atoms with E-state index in [2.05, 4.69) is 26.1 Å². The Morgan fingerprint density at radius 2 is 2.14 bits per heavy atom. The smallest absolute Gasteiger partial charge is 0.326 e. The topological polar surface area (TPSA) is 38.3 Å². The summed E-state index contributed by atoms with van der Waals surface area (Å²) < 4.78 is 5.40. The standard InChI is InChI=1S/C17H33NO2S/c1-5-7-12-21-13-10-15-9-8-11-17(15,18-14(3)4)16(19)20-6-2/h14-15,18H,5-13H2,1-4H3. The van der Waals surface area contributed by atoms with Gasteiger partial charge in [-0.2, -0.15) is 11.8 Å². The summed E-state index contributed by atoms with van der Waals surface area (Å²) in [6.07, 6.45) is 6.87. The summed E-state index contributed by atoms with van der Waals surface area (Å²) in [6.45, 7) is 8.83. The molecule has 0 aromatic rings. The molecule has 1 rings (SSSR count). The van der Waals surface area contributed by atoms with E-state index >= 15 is 0 Å². The van der Waals surface area contributed by atoms with Gasteiger partial charge in [0.15, 0.2) is 0 Å². The largest absolute Gasteiger partial charge is 0.465 e. The maximum absolute atomic E-state index is 12.6. The molecule has 1 N–H and O–H groups in total. The molecule has 2 atom stereocenters. The summed E-state index contributed by atoms with van der Waals surface area (Å²) in [5.41, 5.74) is -0.435. The van der Waals surface area contributed by atoms with E-state index in [1.165, 1.54) is 18.6 Å². The van der Waals surface area contributed by atoms with Gasteiger partial charge in [0.05, 0.1) is 6.61 Å². The van der Waals surface area contributed by atoms with Gasteiger partial charge in [0, 0.05) is 6.04 Å².